The van der Waals surface area contributed by atoms with Crippen molar-refractivity contribution < 1.29 is 86.7 Å². The van der Waals surface area contributed by atoms with E-state index in [1.807, 2.05) is 0 Å². The second kappa shape index (κ2) is 16.4. The van der Waals surface area contributed by atoms with E-state index in [-0.39, 0.29) is 6.26 Å². The Labute approximate surface area is 166 Å². The van der Waals surface area contributed by atoms with Crippen molar-refractivity contribution in [3.05, 3.63) is 12.0 Å². The molecule has 0 heterocycles. The van der Waals surface area contributed by atoms with Crippen LogP contribution >= 0.6 is 23.5 Å². The van der Waals surface area contributed by atoms with Gasteiger partial charge in [-0.15, -0.1) is 0 Å². The first-order valence-corrected chi connectivity index (χ1v) is 10.8. The molecular formula is C8H14NO18P3-6. The average Bonchev–Trinajstić information content (AvgIpc) is 2.61. The Balaban J connectivity index is -0.000000364. The summed E-state index contributed by atoms with van der Waals surface area (Å²) in [6.07, 6.45) is 0.232. The van der Waals surface area contributed by atoms with E-state index in [2.05, 4.69) is 13.6 Å². The Morgan fingerprint density at radius 2 is 1.20 bits per heavy atom. The fraction of sp³-hybridized carbons (Fsp3) is 0.500. The molecule has 0 unspecified atom stereocenters. The summed E-state index contributed by atoms with van der Waals surface area (Å²) < 4.78 is 39.5. The van der Waals surface area contributed by atoms with Crippen molar-refractivity contribution in [2.75, 3.05) is 26.4 Å². The monoisotopic (exact) mass is 505 g/mol. The zero-order chi connectivity index (χ0) is 24.6. The normalized spacial score (nSPS) is 12.1. The van der Waals surface area contributed by atoms with Crippen LogP contribution < -0.4 is 34.8 Å². The second-order valence-corrected chi connectivity index (χ2v) is 7.47. The van der Waals surface area contributed by atoms with Crippen molar-refractivity contribution in [2.45, 2.75) is 0 Å². The third kappa shape index (κ3) is 34.3. The van der Waals surface area contributed by atoms with Crippen molar-refractivity contribution in [1.29, 1.82) is 0 Å². The summed E-state index contributed by atoms with van der Waals surface area (Å²) in [6, 6.07) is 0. The highest BCUT2D eigenvalue weighted by Crippen LogP contribution is 2.25. The SMILES string of the molecule is O=C(CO)COP(=O)([O-])[O-].O=C(COP(=O)([O-])[O-])NO.O=P([O-])([O-])OC/C(O)=C/O. The Bertz CT molecular complexity index is 635. The van der Waals surface area contributed by atoms with Gasteiger partial charge >= 0.3 is 0 Å². The van der Waals surface area contributed by atoms with Crippen molar-refractivity contribution in [3.63, 3.8) is 0 Å². The average molecular weight is 505 g/mol. The predicted molar refractivity (Wildman–Crippen MR) is 76.0 cm³/mol. The minimum atomic E-state index is -5.10. The van der Waals surface area contributed by atoms with Gasteiger partial charge in [-0.05, 0) is 0 Å². The standard InChI is InChI=1S/2C3H7O6P.C2H6NO6P/c2*4-1-3(5)2-9-10(6,7)8;4-2(3-5)1-9-10(6,7)8/h4H,1-2H2,(H2,6,7,8);1,4-5H,2H2,(H2,6,7,8);5H,1H2,(H,3,4)(H2,6,7,8)/p-6/b;3-1-;. The van der Waals surface area contributed by atoms with Gasteiger partial charge in [0.15, 0.2) is 11.5 Å². The third-order valence-electron chi connectivity index (χ3n) is 1.56. The molecular weight excluding hydrogens is 491 g/mol. The summed E-state index contributed by atoms with van der Waals surface area (Å²) in [4.78, 5) is 78.0. The van der Waals surface area contributed by atoms with Crippen LogP contribution in [0.4, 0.5) is 0 Å². The van der Waals surface area contributed by atoms with Crippen LogP contribution in [0.15, 0.2) is 12.0 Å². The number of ketones is 1. The molecule has 180 valence electrons. The number of Topliss-reactive ketones (excluding diaryl/α,β-unsaturated/α-hetero) is 1. The lowest BCUT2D eigenvalue weighted by Gasteiger charge is -2.27. The lowest BCUT2D eigenvalue weighted by atomic mass is 10.5. The summed E-state index contributed by atoms with van der Waals surface area (Å²) >= 11 is 0. The maximum absolute atomic E-state index is 10.1. The van der Waals surface area contributed by atoms with Crippen molar-refractivity contribution in [3.8, 4) is 0 Å². The van der Waals surface area contributed by atoms with E-state index in [0.29, 0.717) is 0 Å². The van der Waals surface area contributed by atoms with Crippen LogP contribution in [-0.4, -0.2) is 58.6 Å². The first-order chi connectivity index (χ1) is 13.4. The zero-order valence-electron chi connectivity index (χ0n) is 14.3. The molecule has 0 rings (SSSR count). The third-order valence-corrected chi connectivity index (χ3v) is 2.89. The van der Waals surface area contributed by atoms with E-state index in [0.717, 1.165) is 5.48 Å². The molecule has 19 nitrogen and oxygen atoms in total. The molecule has 0 atom stereocenters. The highest BCUT2D eigenvalue weighted by Gasteiger charge is 2.00. The lowest BCUT2D eigenvalue weighted by molar-refractivity contribution is -0.343. The fourth-order valence-corrected chi connectivity index (χ4v) is 1.42. The molecule has 0 fully saturated rings. The van der Waals surface area contributed by atoms with Gasteiger partial charge in [-0.1, -0.05) is 0 Å². The molecule has 0 aromatic rings. The number of amides is 1. The van der Waals surface area contributed by atoms with E-state index in [1.165, 1.54) is 0 Å². The first kappa shape index (κ1) is 33.4. The molecule has 5 N–H and O–H groups in total. The fourth-order valence-electron chi connectivity index (χ4n) is 0.549. The number of aliphatic hydroxyl groups is 3. The van der Waals surface area contributed by atoms with Crippen LogP contribution in [0.1, 0.15) is 0 Å². The van der Waals surface area contributed by atoms with E-state index in [9.17, 15) is 52.6 Å². The number of nitrogens with one attached hydrogen (secondary N) is 1. The number of hydrogen-bond acceptors (Lipinski definition) is 18. The van der Waals surface area contributed by atoms with Gasteiger partial charge in [0.2, 0.25) is 0 Å². The molecule has 0 aliphatic heterocycles. The van der Waals surface area contributed by atoms with Crippen LogP contribution in [0.2, 0.25) is 0 Å². The number of rotatable bonds is 10. The van der Waals surface area contributed by atoms with E-state index >= 15 is 0 Å². The van der Waals surface area contributed by atoms with Gasteiger partial charge in [0.1, 0.15) is 32.7 Å². The van der Waals surface area contributed by atoms with E-state index in [1.54, 1.807) is 0 Å². The van der Waals surface area contributed by atoms with Crippen LogP contribution in [0.25, 0.3) is 0 Å². The maximum atomic E-state index is 10.1. The summed E-state index contributed by atoms with van der Waals surface area (Å²) in [5, 5.41) is 32.0. The Hall–Kier alpha value is -1.27. The van der Waals surface area contributed by atoms with Gasteiger partial charge in [-0.3, -0.25) is 14.8 Å². The van der Waals surface area contributed by atoms with Gasteiger partial charge in [0, 0.05) is 0 Å². The number of phosphoric ester groups is 3. The van der Waals surface area contributed by atoms with Gasteiger partial charge in [-0.25, -0.2) is 5.48 Å². The van der Waals surface area contributed by atoms with Crippen molar-refractivity contribution in [1.82, 2.24) is 5.48 Å². The Morgan fingerprint density at radius 3 is 1.50 bits per heavy atom. The topological polar surface area (TPSA) is 344 Å². The molecule has 0 aliphatic carbocycles. The molecule has 30 heavy (non-hydrogen) atoms. The van der Waals surface area contributed by atoms with Crippen LogP contribution in [0.3, 0.4) is 0 Å². The summed E-state index contributed by atoms with van der Waals surface area (Å²) in [6.45, 7) is -3.55. The Kier molecular flexibility index (Phi) is 18.3. The molecule has 0 bridgehead atoms. The number of phosphoric acid groups is 3. The van der Waals surface area contributed by atoms with E-state index in [4.69, 9.17) is 20.5 Å². The maximum Gasteiger partial charge on any atom is 0.269 e. The Morgan fingerprint density at radius 1 is 0.833 bits per heavy atom. The molecule has 0 aromatic carbocycles. The van der Waals surface area contributed by atoms with Crippen LogP contribution in [-0.2, 0) is 36.9 Å². The smallest absolute Gasteiger partial charge is 0.269 e. The summed E-state index contributed by atoms with van der Waals surface area (Å²) in [7, 11) is -15.2. The number of aliphatic hydroxyl groups excluding tert-OH is 3. The van der Waals surface area contributed by atoms with Crippen LogP contribution in [0, 0.1) is 0 Å². The molecule has 0 aliphatic rings. The number of carbonyl (C=O) groups is 2. The highest BCUT2D eigenvalue weighted by molar-refractivity contribution is 7.43. The largest absolute Gasteiger partial charge is 0.790 e. The first-order valence-electron chi connectivity index (χ1n) is 6.44. The number of hydroxylamine groups is 1. The molecule has 0 spiro atoms. The van der Waals surface area contributed by atoms with Gasteiger partial charge in [-0.2, -0.15) is 0 Å². The summed E-state index contributed by atoms with van der Waals surface area (Å²) in [5.41, 5.74) is 1.07. The van der Waals surface area contributed by atoms with E-state index < -0.39 is 67.3 Å². The molecule has 0 saturated heterocycles. The zero-order valence-corrected chi connectivity index (χ0v) is 16.9. The molecule has 0 saturated carbocycles. The molecule has 1 amide bonds. The van der Waals surface area contributed by atoms with Crippen LogP contribution in [0.5, 0.6) is 0 Å². The molecule has 22 heteroatoms. The second-order valence-electron chi connectivity index (χ2n) is 4.01. The summed E-state index contributed by atoms with van der Waals surface area (Å²) in [5.74, 6) is -2.69. The van der Waals surface area contributed by atoms with Gasteiger partial charge < -0.3 is 71.9 Å². The minimum absolute atomic E-state index is 0.232. The molecule has 0 radical (unpaired) electrons. The number of hydrogen-bond donors (Lipinski definition) is 5. The highest BCUT2D eigenvalue weighted by atomic mass is 31.2. The number of carbonyl (C=O) groups excluding carboxylic acids is 2. The van der Waals surface area contributed by atoms with Crippen molar-refractivity contribution in [2.24, 2.45) is 0 Å². The van der Waals surface area contributed by atoms with Gasteiger partial charge in [0.25, 0.3) is 5.91 Å². The lowest BCUT2D eigenvalue weighted by Crippen LogP contribution is -2.26. The molecule has 0 aromatic heterocycles. The van der Waals surface area contributed by atoms with Crippen molar-refractivity contribution >= 4 is 35.2 Å². The quantitative estimate of drug-likeness (QED) is 0.0797. The minimum Gasteiger partial charge on any atom is -0.790 e. The predicted octanol–water partition coefficient (Wildman–Crippen LogP) is -6.48. The van der Waals surface area contributed by atoms with Gasteiger partial charge in [0.05, 0.1) is 23.5 Å².